The number of ether oxygens (including phenoxy) is 1. The summed E-state index contributed by atoms with van der Waals surface area (Å²) < 4.78 is 4.98. The maximum absolute atomic E-state index is 4.98. The molecule has 0 atom stereocenters. The molecule has 2 rings (SSSR count). The molecule has 0 radical (unpaired) electrons. The zero-order chi connectivity index (χ0) is 10.1. The number of alkyl halides is 1. The molecule has 1 aliphatic rings. The second-order valence-electron chi connectivity index (χ2n) is 2.13. The second kappa shape index (κ2) is 8.01. The average Bonchev–Trinajstić information content (AvgIpc) is 2.62. The van der Waals surface area contributed by atoms with Gasteiger partial charge in [-0.2, -0.15) is 15.4 Å². The molecule has 1 saturated heterocycles. The molecule has 2 heterocycles. The molecule has 1 aliphatic heterocycles. The van der Waals surface area contributed by atoms with E-state index in [0.29, 0.717) is 5.92 Å². The highest BCUT2D eigenvalue weighted by atomic mass is 35.5. The van der Waals surface area contributed by atoms with E-state index in [0.717, 1.165) is 18.9 Å². The lowest BCUT2D eigenvalue weighted by molar-refractivity contribution is 0.00668. The van der Waals surface area contributed by atoms with Crippen molar-refractivity contribution in [2.45, 2.75) is 19.8 Å². The van der Waals surface area contributed by atoms with Crippen LogP contribution in [0, 0.1) is 0 Å². The van der Waals surface area contributed by atoms with Crippen molar-refractivity contribution >= 4 is 11.6 Å². The Morgan fingerprint density at radius 3 is 2.38 bits per heavy atom. The van der Waals surface area contributed by atoms with E-state index < -0.39 is 0 Å². The summed E-state index contributed by atoms with van der Waals surface area (Å²) in [6.45, 7) is 5.60. The number of aromatic amines is 1. The summed E-state index contributed by atoms with van der Waals surface area (Å²) in [5.74, 6) is 0.490. The van der Waals surface area contributed by atoms with Crippen LogP contribution in [-0.4, -0.2) is 35.0 Å². The normalized spacial score (nSPS) is 14.5. The van der Waals surface area contributed by atoms with Gasteiger partial charge < -0.3 is 4.74 Å². The number of nitrogens with one attached hydrogen (secondary N) is 1. The number of hydrogen-bond acceptors (Lipinski definition) is 3. The molecule has 0 unspecified atom stereocenters. The quantitative estimate of drug-likeness (QED) is 0.712. The number of hydrogen-bond donors (Lipinski definition) is 1. The minimum Gasteiger partial charge on any atom is -0.380 e. The summed E-state index contributed by atoms with van der Waals surface area (Å²) >= 11 is 4.64. The van der Waals surface area contributed by atoms with Crippen molar-refractivity contribution in [1.82, 2.24) is 15.4 Å². The Bertz CT molecular complexity index is 187. The van der Waals surface area contributed by atoms with Crippen LogP contribution < -0.4 is 0 Å². The fraction of sp³-hybridized carbons (Fsp3) is 0.750. The lowest BCUT2D eigenvalue weighted by Gasteiger charge is -2.23. The maximum atomic E-state index is 4.98. The van der Waals surface area contributed by atoms with Crippen molar-refractivity contribution in [3.8, 4) is 0 Å². The van der Waals surface area contributed by atoms with E-state index in [9.17, 15) is 0 Å². The number of aromatic nitrogens is 3. The Morgan fingerprint density at radius 2 is 2.08 bits per heavy atom. The van der Waals surface area contributed by atoms with Gasteiger partial charge in [0, 0.05) is 6.38 Å². The Morgan fingerprint density at radius 1 is 1.46 bits per heavy atom. The van der Waals surface area contributed by atoms with Gasteiger partial charge in [-0.15, -0.1) is 11.6 Å². The van der Waals surface area contributed by atoms with Crippen LogP contribution in [0.3, 0.4) is 0 Å². The molecule has 4 nitrogen and oxygen atoms in total. The van der Waals surface area contributed by atoms with Gasteiger partial charge >= 0.3 is 0 Å². The zero-order valence-corrected chi connectivity index (χ0v) is 9.01. The van der Waals surface area contributed by atoms with E-state index in [1.54, 1.807) is 6.20 Å². The zero-order valence-electron chi connectivity index (χ0n) is 8.25. The molecule has 0 saturated carbocycles. The molecule has 1 fully saturated rings. The van der Waals surface area contributed by atoms with Crippen molar-refractivity contribution in [3.05, 3.63) is 11.9 Å². The van der Waals surface area contributed by atoms with Gasteiger partial charge in [0.2, 0.25) is 0 Å². The van der Waals surface area contributed by atoms with Crippen LogP contribution in [0.5, 0.6) is 0 Å². The monoisotopic (exact) mass is 205 g/mol. The molecule has 1 aromatic heterocycles. The van der Waals surface area contributed by atoms with Gasteiger partial charge in [0.05, 0.1) is 31.0 Å². The van der Waals surface area contributed by atoms with Crippen molar-refractivity contribution in [3.63, 3.8) is 0 Å². The van der Waals surface area contributed by atoms with Gasteiger partial charge in [-0.05, 0) is 0 Å². The van der Waals surface area contributed by atoms with E-state index in [-0.39, 0.29) is 0 Å². The summed E-state index contributed by atoms with van der Waals surface area (Å²) in [7, 11) is 0. The van der Waals surface area contributed by atoms with Crippen LogP contribution in [0.2, 0.25) is 0 Å². The van der Waals surface area contributed by atoms with Crippen molar-refractivity contribution in [2.24, 2.45) is 0 Å². The third kappa shape index (κ3) is 3.74. The maximum Gasteiger partial charge on any atom is 0.0901 e. The molecular weight excluding hydrogens is 190 g/mol. The van der Waals surface area contributed by atoms with E-state index in [4.69, 9.17) is 4.74 Å². The third-order valence-corrected chi connectivity index (χ3v) is 1.49. The molecule has 5 heteroatoms. The highest BCUT2D eigenvalue weighted by Crippen LogP contribution is 2.20. The first-order valence-corrected chi connectivity index (χ1v) is 5.03. The minimum atomic E-state index is 0.490. The van der Waals surface area contributed by atoms with Gasteiger partial charge in [0.1, 0.15) is 0 Å². The molecule has 0 aliphatic carbocycles. The molecule has 76 valence electrons. The Hall–Kier alpha value is -0.610. The van der Waals surface area contributed by atoms with Gasteiger partial charge in [-0.1, -0.05) is 13.8 Å². The van der Waals surface area contributed by atoms with Gasteiger partial charge in [-0.3, -0.25) is 0 Å². The second-order valence-corrected chi connectivity index (χ2v) is 2.13. The molecule has 0 bridgehead atoms. The van der Waals surface area contributed by atoms with Gasteiger partial charge in [0.15, 0.2) is 0 Å². The lowest BCUT2D eigenvalue weighted by atomic mass is 10.1. The van der Waals surface area contributed by atoms with E-state index >= 15 is 0 Å². The number of nitrogens with zero attached hydrogens (tertiary/aromatic N) is 2. The fourth-order valence-corrected chi connectivity index (χ4v) is 0.814. The largest absolute Gasteiger partial charge is 0.380 e. The Balaban J connectivity index is 0.000000322. The van der Waals surface area contributed by atoms with E-state index in [1.165, 1.54) is 6.38 Å². The number of H-pyrrole nitrogens is 1. The molecular formula is C8H16ClN3O. The molecule has 13 heavy (non-hydrogen) atoms. The smallest absolute Gasteiger partial charge is 0.0901 e. The van der Waals surface area contributed by atoms with Crippen LogP contribution in [0.4, 0.5) is 0 Å². The van der Waals surface area contributed by atoms with Crippen molar-refractivity contribution in [1.29, 1.82) is 0 Å². The first-order chi connectivity index (χ1) is 6.47. The molecule has 1 aromatic rings. The van der Waals surface area contributed by atoms with Crippen LogP contribution in [0.1, 0.15) is 25.5 Å². The molecule has 0 spiro atoms. The van der Waals surface area contributed by atoms with Gasteiger partial charge in [-0.25, -0.2) is 0 Å². The highest BCUT2D eigenvalue weighted by molar-refractivity contribution is 6.15. The predicted octanol–water partition coefficient (Wildman–Crippen LogP) is 1.80. The topological polar surface area (TPSA) is 50.8 Å². The molecule has 1 N–H and O–H groups in total. The molecule has 0 aromatic carbocycles. The summed E-state index contributed by atoms with van der Waals surface area (Å²) in [5.41, 5.74) is 1.02. The SMILES string of the molecule is CC.CCl.c1n[nH]nc1C1COC1. The Labute approximate surface area is 83.6 Å². The molecule has 0 amide bonds. The summed E-state index contributed by atoms with van der Waals surface area (Å²) in [5, 5.41) is 10.2. The predicted molar refractivity (Wildman–Crippen MR) is 53.1 cm³/mol. The summed E-state index contributed by atoms with van der Waals surface area (Å²) in [6.07, 6.45) is 3.22. The van der Waals surface area contributed by atoms with E-state index in [1.807, 2.05) is 13.8 Å². The van der Waals surface area contributed by atoms with Crippen molar-refractivity contribution in [2.75, 3.05) is 19.6 Å². The first kappa shape index (κ1) is 12.4. The third-order valence-electron chi connectivity index (χ3n) is 1.49. The summed E-state index contributed by atoms with van der Waals surface area (Å²) in [6, 6.07) is 0. The standard InChI is InChI=1S/C5H7N3O.C2H6.CH3Cl/c1-5(7-8-6-1)4-2-9-3-4;2*1-2/h1,4H,2-3H2,(H,6,7,8);1-2H3;1H3. The summed E-state index contributed by atoms with van der Waals surface area (Å²) in [4.78, 5) is 0. The average molecular weight is 206 g/mol. The van der Waals surface area contributed by atoms with Gasteiger partial charge in [0.25, 0.3) is 0 Å². The van der Waals surface area contributed by atoms with Crippen molar-refractivity contribution < 1.29 is 4.74 Å². The van der Waals surface area contributed by atoms with Crippen LogP contribution in [0.25, 0.3) is 0 Å². The fourth-order valence-electron chi connectivity index (χ4n) is 0.814. The highest BCUT2D eigenvalue weighted by Gasteiger charge is 2.22. The van der Waals surface area contributed by atoms with Crippen LogP contribution in [-0.2, 0) is 4.74 Å². The van der Waals surface area contributed by atoms with E-state index in [2.05, 4.69) is 27.0 Å². The van der Waals surface area contributed by atoms with Crippen LogP contribution in [0.15, 0.2) is 6.20 Å². The van der Waals surface area contributed by atoms with Crippen LogP contribution >= 0.6 is 11.6 Å². The minimum absolute atomic E-state index is 0.490. The number of halogens is 1. The number of rotatable bonds is 1. The lowest BCUT2D eigenvalue weighted by Crippen LogP contribution is -2.25. The first-order valence-electron chi connectivity index (χ1n) is 4.28. The Kier molecular flexibility index (Phi) is 7.63.